The third kappa shape index (κ3) is 2.25. The number of hydrogen-bond donors (Lipinski definition) is 1. The Balaban J connectivity index is 1.86. The summed E-state index contributed by atoms with van der Waals surface area (Å²) in [6, 6.07) is 25.5. The van der Waals surface area contributed by atoms with E-state index in [-0.39, 0.29) is 5.75 Å². The van der Waals surface area contributed by atoms with Crippen LogP contribution in [0.4, 0.5) is 0 Å². The molecule has 4 aromatic carbocycles. The van der Waals surface area contributed by atoms with Crippen molar-refractivity contribution in [2.45, 2.75) is 0 Å². The van der Waals surface area contributed by atoms with Crippen LogP contribution in [0.15, 0.2) is 78.9 Å². The number of para-hydroxylation sites is 1. The lowest BCUT2D eigenvalue weighted by atomic mass is 10.0. The molecule has 0 heterocycles. The zero-order chi connectivity index (χ0) is 14.9. The van der Waals surface area contributed by atoms with Crippen LogP contribution in [0.3, 0.4) is 0 Å². The monoisotopic (exact) mass is 286 g/mol. The van der Waals surface area contributed by atoms with E-state index >= 15 is 0 Å². The number of ether oxygens (including phenoxy) is 1. The highest BCUT2D eigenvalue weighted by molar-refractivity contribution is 5.99. The molecule has 0 aliphatic heterocycles. The average molecular weight is 286 g/mol. The van der Waals surface area contributed by atoms with Gasteiger partial charge in [0, 0.05) is 0 Å². The summed E-state index contributed by atoms with van der Waals surface area (Å²) in [6.45, 7) is 0. The quantitative estimate of drug-likeness (QED) is 0.494. The van der Waals surface area contributed by atoms with Crippen molar-refractivity contribution in [3.63, 3.8) is 0 Å². The molecule has 0 unspecified atom stereocenters. The standard InChI is InChI=1S/C20H14O2/c21-19-12-16-10-14-6-4-5-7-15(14)11-17(16)13-20(19)22-18-8-2-1-3-9-18/h1-13,21H. The summed E-state index contributed by atoms with van der Waals surface area (Å²) in [6.07, 6.45) is 0. The van der Waals surface area contributed by atoms with Gasteiger partial charge in [0.05, 0.1) is 0 Å². The summed E-state index contributed by atoms with van der Waals surface area (Å²) in [5.41, 5.74) is 0. The molecule has 0 amide bonds. The lowest BCUT2D eigenvalue weighted by molar-refractivity contribution is 0.412. The van der Waals surface area contributed by atoms with Gasteiger partial charge in [-0.25, -0.2) is 0 Å². The molecule has 0 bridgehead atoms. The van der Waals surface area contributed by atoms with E-state index in [0.717, 1.165) is 16.2 Å². The zero-order valence-corrected chi connectivity index (χ0v) is 11.9. The maximum atomic E-state index is 10.2. The Hall–Kier alpha value is -3.00. The van der Waals surface area contributed by atoms with Gasteiger partial charge in [0.1, 0.15) is 5.75 Å². The molecule has 0 atom stereocenters. The molecule has 0 saturated heterocycles. The minimum absolute atomic E-state index is 0.145. The van der Waals surface area contributed by atoms with E-state index in [1.54, 1.807) is 6.07 Å². The third-order valence-corrected chi connectivity index (χ3v) is 3.75. The molecule has 0 spiro atoms. The van der Waals surface area contributed by atoms with Gasteiger partial charge < -0.3 is 9.84 Å². The summed E-state index contributed by atoms with van der Waals surface area (Å²) in [4.78, 5) is 0. The first-order valence-corrected chi connectivity index (χ1v) is 7.18. The highest BCUT2D eigenvalue weighted by atomic mass is 16.5. The molecular formula is C20H14O2. The maximum Gasteiger partial charge on any atom is 0.169 e. The van der Waals surface area contributed by atoms with Crippen LogP contribution in [0, 0.1) is 0 Å². The number of rotatable bonds is 2. The molecule has 106 valence electrons. The summed E-state index contributed by atoms with van der Waals surface area (Å²) in [5, 5.41) is 14.6. The van der Waals surface area contributed by atoms with E-state index in [1.165, 1.54) is 5.39 Å². The first-order chi connectivity index (χ1) is 10.8. The van der Waals surface area contributed by atoms with Gasteiger partial charge in [-0.1, -0.05) is 42.5 Å². The predicted octanol–water partition coefficient (Wildman–Crippen LogP) is 5.49. The largest absolute Gasteiger partial charge is 0.504 e. The first-order valence-electron chi connectivity index (χ1n) is 7.18. The summed E-state index contributed by atoms with van der Waals surface area (Å²) >= 11 is 0. The Morgan fingerprint density at radius 2 is 1.18 bits per heavy atom. The first kappa shape index (κ1) is 12.7. The van der Waals surface area contributed by atoms with Crippen LogP contribution >= 0.6 is 0 Å². The summed E-state index contributed by atoms with van der Waals surface area (Å²) in [7, 11) is 0. The smallest absolute Gasteiger partial charge is 0.169 e. The molecule has 0 aromatic heterocycles. The van der Waals surface area contributed by atoms with Crippen LogP contribution in [-0.2, 0) is 0 Å². The van der Waals surface area contributed by atoms with Crippen molar-refractivity contribution >= 4 is 21.5 Å². The van der Waals surface area contributed by atoms with Crippen molar-refractivity contribution in [3.05, 3.63) is 78.9 Å². The molecule has 22 heavy (non-hydrogen) atoms. The van der Waals surface area contributed by atoms with Crippen molar-refractivity contribution in [2.75, 3.05) is 0 Å². The van der Waals surface area contributed by atoms with Gasteiger partial charge in [-0.05, 0) is 57.9 Å². The van der Waals surface area contributed by atoms with Crippen LogP contribution in [0.2, 0.25) is 0 Å². The Kier molecular flexibility index (Phi) is 2.94. The van der Waals surface area contributed by atoms with E-state index in [2.05, 4.69) is 24.3 Å². The fraction of sp³-hybridized carbons (Fsp3) is 0. The van der Waals surface area contributed by atoms with Gasteiger partial charge in [-0.15, -0.1) is 0 Å². The van der Waals surface area contributed by atoms with Gasteiger partial charge in [0.2, 0.25) is 0 Å². The Morgan fingerprint density at radius 1 is 0.591 bits per heavy atom. The van der Waals surface area contributed by atoms with Crippen LogP contribution < -0.4 is 4.74 Å². The molecule has 0 aliphatic carbocycles. The number of aromatic hydroxyl groups is 1. The number of phenols is 1. The molecule has 0 fully saturated rings. The summed E-state index contributed by atoms with van der Waals surface area (Å²) < 4.78 is 5.78. The second-order valence-corrected chi connectivity index (χ2v) is 5.28. The van der Waals surface area contributed by atoms with Crippen molar-refractivity contribution in [2.24, 2.45) is 0 Å². The minimum Gasteiger partial charge on any atom is -0.504 e. The maximum absolute atomic E-state index is 10.2. The van der Waals surface area contributed by atoms with E-state index in [1.807, 2.05) is 48.5 Å². The van der Waals surface area contributed by atoms with Crippen LogP contribution in [-0.4, -0.2) is 5.11 Å². The third-order valence-electron chi connectivity index (χ3n) is 3.75. The molecular weight excluding hydrogens is 272 g/mol. The number of benzene rings is 4. The van der Waals surface area contributed by atoms with Gasteiger partial charge in [-0.3, -0.25) is 0 Å². The van der Waals surface area contributed by atoms with Crippen molar-refractivity contribution in [3.8, 4) is 17.2 Å². The molecule has 4 rings (SSSR count). The number of phenolic OH excluding ortho intramolecular Hbond substituents is 1. The van der Waals surface area contributed by atoms with Gasteiger partial charge >= 0.3 is 0 Å². The molecule has 0 saturated carbocycles. The summed E-state index contributed by atoms with van der Waals surface area (Å²) in [5.74, 6) is 1.32. The molecule has 2 nitrogen and oxygen atoms in total. The van der Waals surface area contributed by atoms with E-state index < -0.39 is 0 Å². The second kappa shape index (κ2) is 5.08. The lowest BCUT2D eigenvalue weighted by Crippen LogP contribution is -1.85. The lowest BCUT2D eigenvalue weighted by Gasteiger charge is -2.10. The van der Waals surface area contributed by atoms with Crippen molar-refractivity contribution < 1.29 is 9.84 Å². The SMILES string of the molecule is Oc1cc2cc3ccccc3cc2cc1Oc1ccccc1. The fourth-order valence-corrected chi connectivity index (χ4v) is 2.66. The van der Waals surface area contributed by atoms with Gasteiger partial charge in [-0.2, -0.15) is 0 Å². The second-order valence-electron chi connectivity index (χ2n) is 5.28. The molecule has 0 aliphatic rings. The van der Waals surface area contributed by atoms with Gasteiger partial charge in [0.15, 0.2) is 11.5 Å². The van der Waals surface area contributed by atoms with Crippen molar-refractivity contribution in [1.82, 2.24) is 0 Å². The molecule has 4 aromatic rings. The Bertz CT molecular complexity index is 959. The predicted molar refractivity (Wildman–Crippen MR) is 89.6 cm³/mol. The minimum atomic E-state index is 0.145. The number of fused-ring (bicyclic) bond motifs is 2. The van der Waals surface area contributed by atoms with E-state index in [4.69, 9.17) is 4.74 Å². The topological polar surface area (TPSA) is 29.5 Å². The highest BCUT2D eigenvalue weighted by Gasteiger charge is 2.07. The Morgan fingerprint density at radius 3 is 1.86 bits per heavy atom. The highest BCUT2D eigenvalue weighted by Crippen LogP contribution is 2.36. The fourth-order valence-electron chi connectivity index (χ4n) is 2.66. The van der Waals surface area contributed by atoms with E-state index in [9.17, 15) is 5.11 Å². The van der Waals surface area contributed by atoms with E-state index in [0.29, 0.717) is 11.5 Å². The zero-order valence-electron chi connectivity index (χ0n) is 11.9. The average Bonchev–Trinajstić information content (AvgIpc) is 2.55. The van der Waals surface area contributed by atoms with Gasteiger partial charge in [0.25, 0.3) is 0 Å². The van der Waals surface area contributed by atoms with Crippen molar-refractivity contribution in [1.29, 1.82) is 0 Å². The molecule has 0 radical (unpaired) electrons. The molecule has 1 N–H and O–H groups in total. The Labute approximate surface area is 128 Å². The van der Waals surface area contributed by atoms with Crippen LogP contribution in [0.25, 0.3) is 21.5 Å². The molecule has 2 heteroatoms. The van der Waals surface area contributed by atoms with Crippen LogP contribution in [0.1, 0.15) is 0 Å². The van der Waals surface area contributed by atoms with Crippen LogP contribution in [0.5, 0.6) is 17.2 Å². The number of hydrogen-bond acceptors (Lipinski definition) is 2. The normalized spacial score (nSPS) is 10.9.